The lowest BCUT2D eigenvalue weighted by molar-refractivity contribution is -0.123. The summed E-state index contributed by atoms with van der Waals surface area (Å²) < 4.78 is 6.38. The van der Waals surface area contributed by atoms with E-state index in [0.29, 0.717) is 11.5 Å². The van der Waals surface area contributed by atoms with Crippen molar-refractivity contribution in [3.63, 3.8) is 0 Å². The molecule has 0 aliphatic heterocycles. The topological polar surface area (TPSA) is 50.7 Å². The second kappa shape index (κ2) is 10.4. The number of nitrogens with one attached hydrogen (secondary N) is 1. The van der Waals surface area contributed by atoms with Crippen molar-refractivity contribution in [3.8, 4) is 5.75 Å². The molecule has 5 heteroatoms. The number of allylic oxidation sites excluding steroid dienone is 1. The maximum atomic E-state index is 12.2. The molecule has 29 heavy (non-hydrogen) atoms. The highest BCUT2D eigenvalue weighted by Gasteiger charge is 2.06. The Kier molecular flexibility index (Phi) is 7.36. The fraction of sp³-hybridized carbons (Fsp3) is 0.0833. The molecule has 0 saturated carbocycles. The predicted molar refractivity (Wildman–Crippen MR) is 121 cm³/mol. The number of benzene rings is 3. The first-order chi connectivity index (χ1) is 14.1. The number of hydrogen-bond acceptors (Lipinski definition) is 3. The van der Waals surface area contributed by atoms with E-state index in [9.17, 15) is 4.79 Å². The van der Waals surface area contributed by atoms with Gasteiger partial charge in [0, 0.05) is 5.56 Å². The van der Waals surface area contributed by atoms with Gasteiger partial charge in [-0.05, 0) is 52.2 Å². The van der Waals surface area contributed by atoms with Crippen molar-refractivity contribution in [2.45, 2.75) is 6.92 Å². The number of hydrazone groups is 1. The van der Waals surface area contributed by atoms with Gasteiger partial charge in [0.15, 0.2) is 6.61 Å². The largest absolute Gasteiger partial charge is 0.483 e. The van der Waals surface area contributed by atoms with Gasteiger partial charge in [-0.1, -0.05) is 72.8 Å². The van der Waals surface area contributed by atoms with Crippen molar-refractivity contribution in [3.05, 3.63) is 106 Å². The van der Waals surface area contributed by atoms with Gasteiger partial charge in [0.1, 0.15) is 5.75 Å². The summed E-state index contributed by atoms with van der Waals surface area (Å²) in [4.78, 5) is 12.2. The lowest BCUT2D eigenvalue weighted by Crippen LogP contribution is -2.25. The molecule has 146 valence electrons. The van der Waals surface area contributed by atoms with Crippen LogP contribution in [0.4, 0.5) is 0 Å². The summed E-state index contributed by atoms with van der Waals surface area (Å²) in [6, 6.07) is 25.3. The molecule has 0 atom stereocenters. The lowest BCUT2D eigenvalue weighted by Gasteiger charge is -2.08. The van der Waals surface area contributed by atoms with Crippen LogP contribution in [0.15, 0.2) is 94.5 Å². The number of rotatable bonds is 7. The van der Waals surface area contributed by atoms with E-state index in [1.807, 2.05) is 97.9 Å². The summed E-state index contributed by atoms with van der Waals surface area (Å²) in [5.41, 5.74) is 6.29. The number of ether oxygens (including phenoxy) is 1. The quantitative estimate of drug-likeness (QED) is 0.390. The molecule has 0 aromatic heterocycles. The molecule has 0 radical (unpaired) electrons. The predicted octanol–water partition coefficient (Wildman–Crippen LogP) is 5.37. The zero-order chi connectivity index (χ0) is 20.5. The van der Waals surface area contributed by atoms with Crippen molar-refractivity contribution in [1.82, 2.24) is 5.43 Å². The smallest absolute Gasteiger partial charge is 0.277 e. The Morgan fingerprint density at radius 2 is 1.72 bits per heavy atom. The molecule has 0 saturated heterocycles. The first kappa shape index (κ1) is 20.6. The van der Waals surface area contributed by atoms with E-state index in [2.05, 4.69) is 26.5 Å². The summed E-state index contributed by atoms with van der Waals surface area (Å²) in [5, 5.41) is 4.30. The summed E-state index contributed by atoms with van der Waals surface area (Å²) in [7, 11) is 0. The number of nitrogens with zero attached hydrogens (tertiary/aromatic N) is 1. The number of amides is 1. The standard InChI is InChI=1S/C24H21BrN2O2/c1-18-12-15-23(21(25)16-18)29-17-24(28)27-26-22(20-10-6-3-7-11-20)14-13-19-8-4-2-5-9-19/h2-16H,17H2,1H3,(H,27,28). The van der Waals surface area contributed by atoms with Crippen LogP contribution in [-0.4, -0.2) is 18.2 Å². The molecule has 0 spiro atoms. The van der Waals surface area contributed by atoms with Crippen molar-refractivity contribution < 1.29 is 9.53 Å². The second-order valence-corrected chi connectivity index (χ2v) is 7.22. The zero-order valence-corrected chi connectivity index (χ0v) is 17.6. The molecule has 0 heterocycles. The first-order valence-electron chi connectivity index (χ1n) is 9.16. The molecule has 3 aromatic rings. The molecule has 1 N–H and O–H groups in total. The number of carbonyl (C=O) groups is 1. The number of aryl methyl sites for hydroxylation is 1. The number of hydrogen-bond donors (Lipinski definition) is 1. The maximum absolute atomic E-state index is 12.2. The highest BCUT2D eigenvalue weighted by molar-refractivity contribution is 9.10. The van der Waals surface area contributed by atoms with Crippen LogP contribution in [0.5, 0.6) is 5.75 Å². The van der Waals surface area contributed by atoms with E-state index in [1.54, 1.807) is 0 Å². The van der Waals surface area contributed by atoms with Crippen LogP contribution in [0.3, 0.4) is 0 Å². The van der Waals surface area contributed by atoms with Gasteiger partial charge in [0.2, 0.25) is 0 Å². The third kappa shape index (κ3) is 6.43. The molecule has 1 amide bonds. The van der Waals surface area contributed by atoms with Crippen molar-refractivity contribution >= 4 is 33.6 Å². The van der Waals surface area contributed by atoms with Gasteiger partial charge in [0.25, 0.3) is 5.91 Å². The highest BCUT2D eigenvalue weighted by Crippen LogP contribution is 2.25. The minimum Gasteiger partial charge on any atom is -0.483 e. The van der Waals surface area contributed by atoms with Gasteiger partial charge in [-0.25, -0.2) is 5.43 Å². The van der Waals surface area contributed by atoms with E-state index >= 15 is 0 Å². The molecule has 4 nitrogen and oxygen atoms in total. The van der Waals surface area contributed by atoms with E-state index in [0.717, 1.165) is 21.2 Å². The Hall–Kier alpha value is -3.18. The first-order valence-corrected chi connectivity index (χ1v) is 9.95. The Bertz CT molecular complexity index is 1020. The monoisotopic (exact) mass is 448 g/mol. The summed E-state index contributed by atoms with van der Waals surface area (Å²) in [5.74, 6) is 0.279. The molecule has 0 aliphatic rings. The molecule has 0 fully saturated rings. The van der Waals surface area contributed by atoms with Crippen LogP contribution in [-0.2, 0) is 4.79 Å². The summed E-state index contributed by atoms with van der Waals surface area (Å²) >= 11 is 3.44. The highest BCUT2D eigenvalue weighted by atomic mass is 79.9. The summed E-state index contributed by atoms with van der Waals surface area (Å²) in [6.07, 6.45) is 3.83. The zero-order valence-electron chi connectivity index (χ0n) is 16.0. The average Bonchev–Trinajstić information content (AvgIpc) is 2.74. The maximum Gasteiger partial charge on any atom is 0.277 e. The van der Waals surface area contributed by atoms with Gasteiger partial charge < -0.3 is 4.74 Å². The molecule has 0 bridgehead atoms. The van der Waals surface area contributed by atoms with Crippen LogP contribution in [0.25, 0.3) is 6.08 Å². The Labute approximate surface area is 179 Å². The van der Waals surface area contributed by atoms with Crippen LogP contribution in [0.1, 0.15) is 16.7 Å². The lowest BCUT2D eigenvalue weighted by atomic mass is 10.1. The fourth-order valence-electron chi connectivity index (χ4n) is 2.57. The van der Waals surface area contributed by atoms with Gasteiger partial charge in [-0.2, -0.15) is 5.10 Å². The van der Waals surface area contributed by atoms with Gasteiger partial charge in [-0.3, -0.25) is 4.79 Å². The number of halogens is 1. The van der Waals surface area contributed by atoms with Crippen LogP contribution in [0.2, 0.25) is 0 Å². The van der Waals surface area contributed by atoms with E-state index in [-0.39, 0.29) is 12.5 Å². The molecular weight excluding hydrogens is 428 g/mol. The van der Waals surface area contributed by atoms with Gasteiger partial charge in [-0.15, -0.1) is 0 Å². The molecule has 3 rings (SSSR count). The van der Waals surface area contributed by atoms with E-state index in [4.69, 9.17) is 4.74 Å². The second-order valence-electron chi connectivity index (χ2n) is 6.36. The summed E-state index contributed by atoms with van der Waals surface area (Å²) in [6.45, 7) is 1.86. The van der Waals surface area contributed by atoms with Crippen LogP contribution >= 0.6 is 15.9 Å². The molecule has 0 aliphatic carbocycles. The van der Waals surface area contributed by atoms with Crippen LogP contribution < -0.4 is 10.2 Å². The normalized spacial score (nSPS) is 11.4. The Morgan fingerprint density at radius 3 is 2.41 bits per heavy atom. The number of carbonyl (C=O) groups excluding carboxylic acids is 1. The van der Waals surface area contributed by atoms with Crippen molar-refractivity contribution in [1.29, 1.82) is 0 Å². The average molecular weight is 449 g/mol. The van der Waals surface area contributed by atoms with E-state index < -0.39 is 0 Å². The van der Waals surface area contributed by atoms with E-state index in [1.165, 1.54) is 0 Å². The van der Waals surface area contributed by atoms with Gasteiger partial charge >= 0.3 is 0 Å². The Balaban J connectivity index is 1.68. The van der Waals surface area contributed by atoms with Crippen LogP contribution in [0, 0.1) is 6.92 Å². The SMILES string of the molecule is Cc1ccc(OCC(=O)NN=C(C=Cc2ccccc2)c2ccccc2)c(Br)c1. The fourth-order valence-corrected chi connectivity index (χ4v) is 3.18. The Morgan fingerprint density at radius 1 is 1.03 bits per heavy atom. The third-order valence-electron chi connectivity index (χ3n) is 4.05. The third-order valence-corrected chi connectivity index (χ3v) is 4.67. The van der Waals surface area contributed by atoms with Gasteiger partial charge in [0.05, 0.1) is 10.2 Å². The minimum atomic E-state index is -0.334. The molecular formula is C24H21BrN2O2. The minimum absolute atomic E-state index is 0.129. The van der Waals surface area contributed by atoms with Crippen molar-refractivity contribution in [2.24, 2.45) is 5.10 Å². The molecule has 3 aromatic carbocycles. The molecule has 0 unspecified atom stereocenters. The van der Waals surface area contributed by atoms with Crippen molar-refractivity contribution in [2.75, 3.05) is 6.61 Å².